The zero-order valence-corrected chi connectivity index (χ0v) is 17.2. The summed E-state index contributed by atoms with van der Waals surface area (Å²) in [6, 6.07) is 9.06. The van der Waals surface area contributed by atoms with E-state index in [2.05, 4.69) is 23.1 Å². The topological polar surface area (TPSA) is 53.1 Å². The third-order valence-corrected chi connectivity index (χ3v) is 8.50. The summed E-state index contributed by atoms with van der Waals surface area (Å²) >= 11 is 0. The van der Waals surface area contributed by atoms with E-state index in [9.17, 15) is 8.42 Å². The van der Waals surface area contributed by atoms with Crippen LogP contribution in [0.3, 0.4) is 0 Å². The van der Waals surface area contributed by atoms with Crippen molar-refractivity contribution in [3.63, 3.8) is 0 Å². The Bertz CT molecular complexity index is 766. The van der Waals surface area contributed by atoms with Gasteiger partial charge in [-0.2, -0.15) is 17.0 Å². The molecule has 27 heavy (non-hydrogen) atoms. The molecular formula is C20H31N3O3S. The van der Waals surface area contributed by atoms with Gasteiger partial charge in [-0.1, -0.05) is 24.3 Å². The van der Waals surface area contributed by atoms with Crippen LogP contribution in [0.5, 0.6) is 0 Å². The lowest BCUT2D eigenvalue weighted by molar-refractivity contribution is 0.0137. The molecule has 0 unspecified atom stereocenters. The molecule has 0 aromatic heterocycles. The molecule has 1 spiro atoms. The van der Waals surface area contributed by atoms with Gasteiger partial charge in [0.1, 0.15) is 0 Å². The summed E-state index contributed by atoms with van der Waals surface area (Å²) < 4.78 is 34.3. The lowest BCUT2D eigenvalue weighted by atomic mass is 9.69. The van der Waals surface area contributed by atoms with E-state index in [-0.39, 0.29) is 5.41 Å². The number of nitrogens with zero attached hydrogens (tertiary/aromatic N) is 3. The first kappa shape index (κ1) is 19.3. The summed E-state index contributed by atoms with van der Waals surface area (Å²) in [5.41, 5.74) is 2.45. The van der Waals surface area contributed by atoms with Crippen molar-refractivity contribution in [2.45, 2.75) is 43.7 Å². The summed E-state index contributed by atoms with van der Waals surface area (Å²) in [4.78, 5) is 2.61. The molecule has 0 saturated carbocycles. The van der Waals surface area contributed by atoms with Gasteiger partial charge >= 0.3 is 0 Å². The van der Waals surface area contributed by atoms with Crippen LogP contribution in [0.1, 0.15) is 36.8 Å². The molecule has 4 rings (SSSR count). The molecule has 0 atom stereocenters. The van der Waals surface area contributed by atoms with Crippen molar-refractivity contribution >= 4 is 10.2 Å². The Balaban J connectivity index is 1.59. The fraction of sp³-hybridized carbons (Fsp3) is 0.700. The van der Waals surface area contributed by atoms with Gasteiger partial charge in [0, 0.05) is 51.9 Å². The average Bonchev–Trinajstić information content (AvgIpc) is 2.69. The normalized spacial score (nSPS) is 25.0. The highest BCUT2D eigenvalue weighted by Gasteiger charge is 2.45. The van der Waals surface area contributed by atoms with E-state index >= 15 is 0 Å². The maximum atomic E-state index is 12.9. The minimum Gasteiger partial charge on any atom is -0.381 e. The molecule has 3 heterocycles. The highest BCUT2D eigenvalue weighted by molar-refractivity contribution is 7.86. The van der Waals surface area contributed by atoms with Gasteiger partial charge < -0.3 is 9.64 Å². The Morgan fingerprint density at radius 3 is 2.44 bits per heavy atom. The van der Waals surface area contributed by atoms with E-state index in [0.29, 0.717) is 19.1 Å². The van der Waals surface area contributed by atoms with Gasteiger partial charge in [-0.25, -0.2) is 0 Å². The summed E-state index contributed by atoms with van der Waals surface area (Å²) in [5, 5.41) is 0. The molecule has 2 saturated heterocycles. The third-order valence-electron chi connectivity index (χ3n) is 6.66. The standard InChI is InChI=1S/C20H31N3O3S/c1-21(2)27(24,25)23-15-17-5-3-4-6-19(17)20(16-23)9-11-22(12-10-20)18-7-13-26-14-8-18/h3-6,18H,7-16H2,1-2H3. The zero-order chi connectivity index (χ0) is 19.1. The summed E-state index contributed by atoms with van der Waals surface area (Å²) in [6.45, 7) is 4.87. The molecule has 0 aliphatic carbocycles. The lowest BCUT2D eigenvalue weighted by Gasteiger charge is -2.50. The van der Waals surface area contributed by atoms with Gasteiger partial charge in [0.15, 0.2) is 0 Å². The van der Waals surface area contributed by atoms with Crippen LogP contribution in [0.4, 0.5) is 0 Å². The highest BCUT2D eigenvalue weighted by Crippen LogP contribution is 2.43. The first-order chi connectivity index (χ1) is 12.9. The van der Waals surface area contributed by atoms with E-state index in [1.54, 1.807) is 18.4 Å². The highest BCUT2D eigenvalue weighted by atomic mass is 32.2. The third kappa shape index (κ3) is 3.56. The van der Waals surface area contributed by atoms with Crippen LogP contribution in [-0.4, -0.2) is 74.9 Å². The Labute approximate surface area is 163 Å². The van der Waals surface area contributed by atoms with Crippen LogP contribution >= 0.6 is 0 Å². The number of hydrogen-bond donors (Lipinski definition) is 0. The first-order valence-electron chi connectivity index (χ1n) is 10.0. The Morgan fingerprint density at radius 2 is 1.78 bits per heavy atom. The van der Waals surface area contributed by atoms with Crippen LogP contribution in [-0.2, 0) is 26.9 Å². The molecule has 6 nitrogen and oxygen atoms in total. The molecule has 150 valence electrons. The van der Waals surface area contributed by atoms with E-state index in [4.69, 9.17) is 4.74 Å². The second-order valence-corrected chi connectivity index (χ2v) is 10.5. The van der Waals surface area contributed by atoms with Gasteiger partial charge in [0.25, 0.3) is 10.2 Å². The maximum Gasteiger partial charge on any atom is 0.281 e. The number of benzene rings is 1. The summed E-state index contributed by atoms with van der Waals surface area (Å²) in [7, 11) is -0.173. The Morgan fingerprint density at radius 1 is 1.11 bits per heavy atom. The van der Waals surface area contributed by atoms with Crippen LogP contribution in [0.2, 0.25) is 0 Å². The smallest absolute Gasteiger partial charge is 0.281 e. The number of likely N-dealkylation sites (tertiary alicyclic amines) is 1. The molecule has 0 N–H and O–H groups in total. The largest absolute Gasteiger partial charge is 0.381 e. The Kier molecular flexibility index (Phi) is 5.33. The second-order valence-electron chi connectivity index (χ2n) is 8.38. The number of piperidine rings is 1. The average molecular weight is 394 g/mol. The molecule has 0 radical (unpaired) electrons. The number of ether oxygens (including phenoxy) is 1. The predicted octanol–water partition coefficient (Wildman–Crippen LogP) is 1.82. The monoisotopic (exact) mass is 393 g/mol. The predicted molar refractivity (Wildman–Crippen MR) is 106 cm³/mol. The van der Waals surface area contributed by atoms with Crippen LogP contribution < -0.4 is 0 Å². The maximum absolute atomic E-state index is 12.9. The number of hydrogen-bond acceptors (Lipinski definition) is 4. The quantitative estimate of drug-likeness (QED) is 0.786. The van der Waals surface area contributed by atoms with Crippen LogP contribution in [0.15, 0.2) is 24.3 Å². The Hall–Kier alpha value is -0.990. The molecule has 0 bridgehead atoms. The summed E-state index contributed by atoms with van der Waals surface area (Å²) in [5.74, 6) is 0. The molecule has 1 aromatic carbocycles. The number of fused-ring (bicyclic) bond motifs is 2. The molecule has 1 aromatic rings. The fourth-order valence-electron chi connectivity index (χ4n) is 5.03. The van der Waals surface area contributed by atoms with Gasteiger partial charge in [0.05, 0.1) is 0 Å². The molecule has 3 aliphatic rings. The van der Waals surface area contributed by atoms with E-state index in [1.807, 2.05) is 6.07 Å². The SMILES string of the molecule is CN(C)S(=O)(=O)N1Cc2ccccc2C2(CCN(C3CCOCC3)CC2)C1. The van der Waals surface area contributed by atoms with E-state index in [0.717, 1.165) is 57.6 Å². The van der Waals surface area contributed by atoms with Crippen molar-refractivity contribution in [3.05, 3.63) is 35.4 Å². The van der Waals surface area contributed by atoms with Crippen molar-refractivity contribution < 1.29 is 13.2 Å². The zero-order valence-electron chi connectivity index (χ0n) is 16.4. The first-order valence-corrected chi connectivity index (χ1v) is 11.4. The van der Waals surface area contributed by atoms with Crippen molar-refractivity contribution in [3.8, 4) is 0 Å². The van der Waals surface area contributed by atoms with Gasteiger partial charge in [-0.3, -0.25) is 0 Å². The van der Waals surface area contributed by atoms with Crippen molar-refractivity contribution in [1.82, 2.24) is 13.5 Å². The molecule has 7 heteroatoms. The van der Waals surface area contributed by atoms with Crippen molar-refractivity contribution in [1.29, 1.82) is 0 Å². The molecule has 0 amide bonds. The van der Waals surface area contributed by atoms with Gasteiger partial charge in [-0.15, -0.1) is 0 Å². The van der Waals surface area contributed by atoms with Gasteiger partial charge in [0.2, 0.25) is 0 Å². The lowest BCUT2D eigenvalue weighted by Crippen LogP contribution is -2.56. The van der Waals surface area contributed by atoms with Crippen LogP contribution in [0, 0.1) is 0 Å². The number of rotatable bonds is 3. The minimum atomic E-state index is -3.42. The van der Waals surface area contributed by atoms with Crippen molar-refractivity contribution in [2.75, 3.05) is 46.9 Å². The molecule has 2 fully saturated rings. The molecule has 3 aliphatic heterocycles. The minimum absolute atomic E-state index is 0.0699. The van der Waals surface area contributed by atoms with Gasteiger partial charge in [-0.05, 0) is 49.9 Å². The second kappa shape index (κ2) is 7.44. The van der Waals surface area contributed by atoms with E-state index < -0.39 is 10.2 Å². The molecular weight excluding hydrogens is 362 g/mol. The van der Waals surface area contributed by atoms with Crippen molar-refractivity contribution in [2.24, 2.45) is 0 Å². The fourth-order valence-corrected chi connectivity index (χ4v) is 6.21. The van der Waals surface area contributed by atoms with Crippen LogP contribution in [0.25, 0.3) is 0 Å². The van der Waals surface area contributed by atoms with E-state index in [1.165, 1.54) is 9.87 Å². The summed E-state index contributed by atoms with van der Waals surface area (Å²) in [6.07, 6.45) is 4.26.